The largest absolute Gasteiger partial charge is 0.310 e. The molecule has 1 heterocycles. The van der Waals surface area contributed by atoms with Crippen molar-refractivity contribution in [3.8, 4) is 0 Å². The van der Waals surface area contributed by atoms with Crippen LogP contribution in [0.15, 0.2) is 24.3 Å². The van der Waals surface area contributed by atoms with Gasteiger partial charge in [-0.1, -0.05) is 23.7 Å². The fraction of sp³-hybridized carbons (Fsp3) is 0.562. The Kier molecular flexibility index (Phi) is 4.57. The van der Waals surface area contributed by atoms with Gasteiger partial charge < -0.3 is 4.90 Å². The molecule has 2 aliphatic rings. The van der Waals surface area contributed by atoms with Gasteiger partial charge in [0.15, 0.2) is 11.1 Å². The molecule has 3 rings (SSSR count). The molecule has 1 aliphatic carbocycles. The summed E-state index contributed by atoms with van der Waals surface area (Å²) in [6.07, 6.45) is 5.61. The monoisotopic (exact) mass is 341 g/mol. The smallest absolute Gasteiger partial charge is 0.233 e. The molecule has 1 unspecified atom stereocenters. The summed E-state index contributed by atoms with van der Waals surface area (Å²) in [6, 6.07) is 7.49. The van der Waals surface area contributed by atoms with Crippen molar-refractivity contribution in [2.24, 2.45) is 5.41 Å². The van der Waals surface area contributed by atoms with Crippen molar-refractivity contribution >= 4 is 34.3 Å². The summed E-state index contributed by atoms with van der Waals surface area (Å²) in [5.41, 5.74) is 0.521. The molecule has 0 radical (unpaired) electrons. The van der Waals surface area contributed by atoms with Crippen LogP contribution in [0, 0.1) is 5.41 Å². The fourth-order valence-corrected chi connectivity index (χ4v) is 4.43. The highest BCUT2D eigenvalue weighted by Gasteiger charge is 2.49. The van der Waals surface area contributed by atoms with Crippen molar-refractivity contribution in [3.05, 3.63) is 29.3 Å². The summed E-state index contributed by atoms with van der Waals surface area (Å²) < 4.78 is 16.5. The van der Waals surface area contributed by atoms with E-state index in [1.165, 1.54) is 0 Å². The van der Waals surface area contributed by atoms with E-state index in [0.29, 0.717) is 11.6 Å². The van der Waals surface area contributed by atoms with E-state index >= 15 is 0 Å². The molecule has 1 aromatic rings. The third-order valence-electron chi connectivity index (χ3n) is 4.82. The van der Waals surface area contributed by atoms with Crippen molar-refractivity contribution in [1.82, 2.24) is 0 Å². The molecule has 0 aromatic heterocycles. The molecule has 22 heavy (non-hydrogen) atoms. The molecular formula is C16H20ClNO3S. The van der Waals surface area contributed by atoms with E-state index in [0.717, 1.165) is 37.8 Å². The van der Waals surface area contributed by atoms with E-state index < -0.39 is 11.1 Å². The first kappa shape index (κ1) is 16.0. The van der Waals surface area contributed by atoms with E-state index in [2.05, 4.69) is 0 Å². The van der Waals surface area contributed by atoms with Crippen molar-refractivity contribution in [1.29, 1.82) is 0 Å². The molecular weight excluding hydrogens is 322 g/mol. The van der Waals surface area contributed by atoms with Crippen LogP contribution in [-0.4, -0.2) is 29.0 Å². The molecule has 4 nitrogen and oxygen atoms in total. The average molecular weight is 342 g/mol. The normalized spacial score (nSPS) is 30.0. The predicted octanol–water partition coefficient (Wildman–Crippen LogP) is 3.32. The number of amides is 1. The maximum atomic E-state index is 12.9. The Hall–Kier alpha value is -0.910. The molecule has 0 bridgehead atoms. The Morgan fingerprint density at radius 3 is 2.59 bits per heavy atom. The van der Waals surface area contributed by atoms with Gasteiger partial charge >= 0.3 is 0 Å². The lowest BCUT2D eigenvalue weighted by atomic mass is 9.72. The predicted molar refractivity (Wildman–Crippen MR) is 88.3 cm³/mol. The van der Waals surface area contributed by atoms with E-state index in [4.69, 9.17) is 15.8 Å². The second-order valence-electron chi connectivity index (χ2n) is 6.14. The number of benzene rings is 1. The van der Waals surface area contributed by atoms with E-state index in [1.54, 1.807) is 6.26 Å². The van der Waals surface area contributed by atoms with Crippen LogP contribution < -0.4 is 4.90 Å². The van der Waals surface area contributed by atoms with Gasteiger partial charge in [0, 0.05) is 12.8 Å². The van der Waals surface area contributed by atoms with E-state index in [1.807, 2.05) is 29.2 Å². The van der Waals surface area contributed by atoms with Crippen LogP contribution >= 0.6 is 11.6 Å². The van der Waals surface area contributed by atoms with Crippen LogP contribution in [0.25, 0.3) is 0 Å². The van der Waals surface area contributed by atoms with Gasteiger partial charge in [0.1, 0.15) is 0 Å². The van der Waals surface area contributed by atoms with Crippen LogP contribution in [0.2, 0.25) is 5.02 Å². The highest BCUT2D eigenvalue weighted by Crippen LogP contribution is 2.47. The molecule has 1 atom stereocenters. The molecule has 1 spiro atoms. The zero-order valence-corrected chi connectivity index (χ0v) is 14.2. The Morgan fingerprint density at radius 2 is 1.95 bits per heavy atom. The summed E-state index contributed by atoms with van der Waals surface area (Å²) in [6.45, 7) is 0.716. The molecule has 1 aliphatic heterocycles. The molecule has 1 saturated carbocycles. The SMILES string of the molecule is CS(=O)OC1CCC2(CC1)CCN(c1ccccc1Cl)C2=O. The molecule has 2 fully saturated rings. The van der Waals surface area contributed by atoms with Gasteiger partial charge in [-0.2, -0.15) is 0 Å². The van der Waals surface area contributed by atoms with E-state index in [9.17, 15) is 9.00 Å². The third kappa shape index (κ3) is 2.94. The quantitative estimate of drug-likeness (QED) is 0.847. The number of carbonyl (C=O) groups is 1. The Morgan fingerprint density at radius 1 is 1.27 bits per heavy atom. The van der Waals surface area contributed by atoms with Gasteiger partial charge in [0.2, 0.25) is 5.91 Å². The first-order valence-corrected chi connectivity index (χ1v) is 9.45. The van der Waals surface area contributed by atoms with Crippen molar-refractivity contribution in [3.63, 3.8) is 0 Å². The first-order chi connectivity index (χ1) is 10.5. The van der Waals surface area contributed by atoms with Crippen LogP contribution in [-0.2, 0) is 20.1 Å². The van der Waals surface area contributed by atoms with Gasteiger partial charge in [-0.15, -0.1) is 0 Å². The standard InChI is InChI=1S/C16H20ClNO3S/c1-22(20)21-12-6-8-16(9-7-12)10-11-18(15(16)19)14-5-3-2-4-13(14)17/h2-5,12H,6-11H2,1H3. The second-order valence-corrected chi connectivity index (χ2v) is 7.54. The first-order valence-electron chi connectivity index (χ1n) is 7.59. The molecule has 1 amide bonds. The zero-order chi connectivity index (χ0) is 15.7. The minimum atomic E-state index is -1.24. The van der Waals surface area contributed by atoms with Gasteiger partial charge in [-0.3, -0.25) is 8.98 Å². The lowest BCUT2D eigenvalue weighted by molar-refractivity contribution is -0.127. The number of anilines is 1. The van der Waals surface area contributed by atoms with Gasteiger partial charge in [0.25, 0.3) is 0 Å². The lowest BCUT2D eigenvalue weighted by Crippen LogP contribution is -2.39. The van der Waals surface area contributed by atoms with Crippen molar-refractivity contribution in [2.75, 3.05) is 17.7 Å². The number of para-hydroxylation sites is 1. The Labute approximate surface area is 138 Å². The maximum absolute atomic E-state index is 12.9. The molecule has 1 saturated heterocycles. The maximum Gasteiger partial charge on any atom is 0.233 e. The fourth-order valence-electron chi connectivity index (χ4n) is 3.62. The van der Waals surface area contributed by atoms with Crippen LogP contribution in [0.3, 0.4) is 0 Å². The highest BCUT2D eigenvalue weighted by molar-refractivity contribution is 7.79. The Bertz CT molecular complexity index is 599. The summed E-state index contributed by atoms with van der Waals surface area (Å²) in [7, 11) is 0. The van der Waals surface area contributed by atoms with Crippen molar-refractivity contribution < 1.29 is 13.2 Å². The van der Waals surface area contributed by atoms with Crippen LogP contribution in [0.4, 0.5) is 5.69 Å². The molecule has 6 heteroatoms. The number of hydrogen-bond acceptors (Lipinski definition) is 3. The minimum Gasteiger partial charge on any atom is -0.310 e. The molecule has 0 N–H and O–H groups in total. The van der Waals surface area contributed by atoms with Crippen molar-refractivity contribution in [2.45, 2.75) is 38.2 Å². The number of carbonyl (C=O) groups excluding carboxylic acids is 1. The minimum absolute atomic E-state index is 0.0126. The average Bonchev–Trinajstić information content (AvgIpc) is 2.79. The number of halogens is 1. The summed E-state index contributed by atoms with van der Waals surface area (Å²) in [5, 5.41) is 0.617. The number of rotatable bonds is 3. The molecule has 120 valence electrons. The number of nitrogens with zero attached hydrogens (tertiary/aromatic N) is 1. The molecule has 1 aromatic carbocycles. The summed E-state index contributed by atoms with van der Waals surface area (Å²) in [5.74, 6) is 0.177. The highest BCUT2D eigenvalue weighted by atomic mass is 35.5. The topological polar surface area (TPSA) is 46.6 Å². The zero-order valence-electron chi connectivity index (χ0n) is 12.6. The Balaban J connectivity index is 1.72. The van der Waals surface area contributed by atoms with E-state index in [-0.39, 0.29) is 17.4 Å². The summed E-state index contributed by atoms with van der Waals surface area (Å²) >= 11 is 4.99. The van der Waals surface area contributed by atoms with Gasteiger partial charge in [-0.25, -0.2) is 4.21 Å². The van der Waals surface area contributed by atoms with Gasteiger partial charge in [-0.05, 0) is 44.2 Å². The summed E-state index contributed by atoms with van der Waals surface area (Å²) in [4.78, 5) is 14.8. The number of hydrogen-bond donors (Lipinski definition) is 0. The second kappa shape index (κ2) is 6.30. The third-order valence-corrected chi connectivity index (χ3v) is 5.68. The van der Waals surface area contributed by atoms with Gasteiger partial charge in [0.05, 0.1) is 22.2 Å². The lowest BCUT2D eigenvalue weighted by Gasteiger charge is -2.35. The van der Waals surface area contributed by atoms with Crippen LogP contribution in [0.1, 0.15) is 32.1 Å². The van der Waals surface area contributed by atoms with Crippen LogP contribution in [0.5, 0.6) is 0 Å².